The molecule has 180 valence electrons. The van der Waals surface area contributed by atoms with Crippen molar-refractivity contribution in [1.29, 1.82) is 0 Å². The van der Waals surface area contributed by atoms with Gasteiger partial charge in [0.15, 0.2) is 5.16 Å². The molecule has 3 N–H and O–H groups in total. The summed E-state index contributed by atoms with van der Waals surface area (Å²) in [7, 11) is 0. The van der Waals surface area contributed by atoms with Crippen LogP contribution in [0.2, 0.25) is 0 Å². The first-order valence-corrected chi connectivity index (χ1v) is 12.6. The van der Waals surface area contributed by atoms with Crippen molar-refractivity contribution in [2.45, 2.75) is 49.7 Å². The molecule has 35 heavy (non-hydrogen) atoms. The third kappa shape index (κ3) is 5.89. The minimum Gasteiger partial charge on any atom is -0.349 e. The molecule has 2 aliphatic rings. The molecule has 3 aromatic rings. The zero-order chi connectivity index (χ0) is 24.4. The van der Waals surface area contributed by atoms with Crippen molar-refractivity contribution in [2.75, 3.05) is 16.4 Å². The maximum atomic E-state index is 12.7. The van der Waals surface area contributed by atoms with E-state index in [1.54, 1.807) is 24.3 Å². The fourth-order valence-corrected chi connectivity index (χ4v) is 4.47. The Bertz CT molecular complexity index is 1280. The van der Waals surface area contributed by atoms with Crippen LogP contribution in [0.3, 0.4) is 0 Å². The van der Waals surface area contributed by atoms with Gasteiger partial charge in [0.25, 0.3) is 5.91 Å². The Morgan fingerprint density at radius 1 is 0.971 bits per heavy atom. The first-order chi connectivity index (χ1) is 17.0. The average molecular weight is 491 g/mol. The maximum Gasteiger partial charge on any atom is 0.251 e. The molecular weight excluding hydrogens is 464 g/mol. The molecule has 2 saturated carbocycles. The quantitative estimate of drug-likeness (QED) is 0.394. The first kappa shape index (κ1) is 23.1. The highest BCUT2D eigenvalue weighted by molar-refractivity contribution is 7.99. The Morgan fingerprint density at radius 3 is 2.43 bits per heavy atom. The summed E-state index contributed by atoms with van der Waals surface area (Å²) >= 11 is 1.29. The molecule has 2 aliphatic carbocycles. The smallest absolute Gasteiger partial charge is 0.251 e. The van der Waals surface area contributed by atoms with Crippen LogP contribution in [0, 0.1) is 0 Å². The number of anilines is 2. The Labute approximate surface area is 207 Å². The molecule has 1 heterocycles. The molecular formula is C25H26N6O3S. The predicted molar refractivity (Wildman–Crippen MR) is 134 cm³/mol. The fraction of sp³-hybridized carbons (Fsp3) is 0.320. The van der Waals surface area contributed by atoms with E-state index in [0.717, 1.165) is 37.2 Å². The van der Waals surface area contributed by atoms with Gasteiger partial charge in [-0.15, -0.1) is 10.2 Å². The fourth-order valence-electron chi connectivity index (χ4n) is 3.71. The van der Waals surface area contributed by atoms with Crippen LogP contribution in [0.1, 0.15) is 54.7 Å². The lowest BCUT2D eigenvalue weighted by Crippen LogP contribution is -2.25. The molecule has 0 saturated heterocycles. The van der Waals surface area contributed by atoms with Gasteiger partial charge in [0, 0.05) is 35.8 Å². The third-order valence-electron chi connectivity index (χ3n) is 5.68. The second kappa shape index (κ2) is 9.91. The Morgan fingerprint density at radius 2 is 1.71 bits per heavy atom. The van der Waals surface area contributed by atoms with E-state index in [9.17, 15) is 14.4 Å². The largest absolute Gasteiger partial charge is 0.349 e. The molecule has 1 aromatic heterocycles. The highest BCUT2D eigenvalue weighted by Crippen LogP contribution is 2.41. The second-order valence-corrected chi connectivity index (χ2v) is 9.79. The highest BCUT2D eigenvalue weighted by atomic mass is 32.2. The Hall–Kier alpha value is -3.66. The monoisotopic (exact) mass is 490 g/mol. The van der Waals surface area contributed by atoms with Gasteiger partial charge in [-0.25, -0.2) is 0 Å². The van der Waals surface area contributed by atoms with E-state index in [-0.39, 0.29) is 29.5 Å². The number of hydrogen-bond acceptors (Lipinski definition) is 6. The van der Waals surface area contributed by atoms with Crippen molar-refractivity contribution in [3.05, 3.63) is 59.9 Å². The minimum absolute atomic E-state index is 0.125. The number of hydrogen-bond donors (Lipinski definition) is 3. The normalized spacial score (nSPS) is 14.9. The van der Waals surface area contributed by atoms with Crippen LogP contribution in [-0.2, 0) is 9.59 Å². The summed E-state index contributed by atoms with van der Waals surface area (Å²) in [4.78, 5) is 36.5. The lowest BCUT2D eigenvalue weighted by molar-refractivity contribution is -0.114. The molecule has 3 amide bonds. The van der Waals surface area contributed by atoms with Crippen molar-refractivity contribution >= 4 is 40.9 Å². The SMILES string of the molecule is CC(=O)Nc1cccc(-n2c(SCC(=O)Nc3cccc(C(=O)NC4CC4)c3)nnc2C2CC2)c1. The van der Waals surface area contributed by atoms with Gasteiger partial charge in [0.2, 0.25) is 11.8 Å². The van der Waals surface area contributed by atoms with Crippen LogP contribution < -0.4 is 16.0 Å². The molecule has 9 nitrogen and oxygen atoms in total. The van der Waals surface area contributed by atoms with Crippen molar-refractivity contribution in [3.63, 3.8) is 0 Å². The van der Waals surface area contributed by atoms with E-state index in [4.69, 9.17) is 0 Å². The van der Waals surface area contributed by atoms with Crippen molar-refractivity contribution in [2.24, 2.45) is 0 Å². The lowest BCUT2D eigenvalue weighted by atomic mass is 10.2. The molecule has 5 rings (SSSR count). The number of nitrogens with zero attached hydrogens (tertiary/aromatic N) is 3. The summed E-state index contributed by atoms with van der Waals surface area (Å²) in [5, 5.41) is 18.0. The molecule has 0 radical (unpaired) electrons. The number of amides is 3. The van der Waals surface area contributed by atoms with Crippen molar-refractivity contribution < 1.29 is 14.4 Å². The summed E-state index contributed by atoms with van der Waals surface area (Å²) in [5.41, 5.74) is 2.61. The van der Waals surface area contributed by atoms with Crippen molar-refractivity contribution in [1.82, 2.24) is 20.1 Å². The molecule has 0 bridgehead atoms. The highest BCUT2D eigenvalue weighted by Gasteiger charge is 2.31. The van der Waals surface area contributed by atoms with Crippen LogP contribution in [-0.4, -0.2) is 44.3 Å². The van der Waals surface area contributed by atoms with Gasteiger partial charge < -0.3 is 16.0 Å². The standard InChI is InChI=1S/C25H26N6O3S/c1-15(32)26-20-6-3-7-21(13-20)31-23(16-8-9-16)29-30-25(31)35-14-22(33)27-19-5-2-4-17(12-19)24(34)28-18-10-11-18/h2-7,12-13,16,18H,8-11,14H2,1H3,(H,26,32)(H,27,33)(H,28,34). The van der Waals surface area contributed by atoms with Gasteiger partial charge in [-0.1, -0.05) is 23.9 Å². The molecule has 2 aromatic carbocycles. The third-order valence-corrected chi connectivity index (χ3v) is 6.61. The summed E-state index contributed by atoms with van der Waals surface area (Å²) < 4.78 is 1.96. The van der Waals surface area contributed by atoms with E-state index >= 15 is 0 Å². The van der Waals surface area contributed by atoms with Crippen molar-refractivity contribution in [3.8, 4) is 5.69 Å². The Kier molecular flexibility index (Phi) is 6.54. The number of thioether (sulfide) groups is 1. The topological polar surface area (TPSA) is 118 Å². The molecule has 0 atom stereocenters. The molecule has 2 fully saturated rings. The van der Waals surface area contributed by atoms with E-state index in [2.05, 4.69) is 26.1 Å². The van der Waals surface area contributed by atoms with Crippen LogP contribution in [0.4, 0.5) is 11.4 Å². The number of rotatable bonds is 9. The number of carbonyl (C=O) groups is 3. The second-order valence-electron chi connectivity index (χ2n) is 8.85. The van der Waals surface area contributed by atoms with E-state index in [0.29, 0.717) is 28.0 Å². The lowest BCUT2D eigenvalue weighted by Gasteiger charge is -2.12. The van der Waals surface area contributed by atoms with Gasteiger partial charge in [0.1, 0.15) is 5.82 Å². The number of benzene rings is 2. The number of nitrogens with one attached hydrogen (secondary N) is 3. The molecule has 0 spiro atoms. The summed E-state index contributed by atoms with van der Waals surface area (Å²) in [5.74, 6) is 0.868. The summed E-state index contributed by atoms with van der Waals surface area (Å²) in [6.07, 6.45) is 4.15. The van der Waals surface area contributed by atoms with Crippen LogP contribution in [0.25, 0.3) is 5.69 Å². The summed E-state index contributed by atoms with van der Waals surface area (Å²) in [6.45, 7) is 1.47. The van der Waals surface area contributed by atoms with Crippen LogP contribution in [0.5, 0.6) is 0 Å². The van der Waals surface area contributed by atoms with Crippen LogP contribution >= 0.6 is 11.8 Å². The zero-order valence-corrected chi connectivity index (χ0v) is 20.1. The maximum absolute atomic E-state index is 12.7. The molecule has 0 unspecified atom stereocenters. The van der Waals surface area contributed by atoms with Crippen LogP contribution in [0.15, 0.2) is 53.7 Å². The van der Waals surface area contributed by atoms with Gasteiger partial charge in [-0.05, 0) is 62.1 Å². The van der Waals surface area contributed by atoms with Gasteiger partial charge in [0.05, 0.1) is 11.4 Å². The first-order valence-electron chi connectivity index (χ1n) is 11.6. The molecule has 0 aliphatic heterocycles. The van der Waals surface area contributed by atoms with E-state index in [1.807, 2.05) is 28.8 Å². The van der Waals surface area contributed by atoms with E-state index < -0.39 is 0 Å². The van der Waals surface area contributed by atoms with Gasteiger partial charge >= 0.3 is 0 Å². The van der Waals surface area contributed by atoms with Gasteiger partial charge in [-0.2, -0.15) is 0 Å². The Balaban J connectivity index is 1.28. The molecule has 10 heteroatoms. The number of aromatic nitrogens is 3. The van der Waals surface area contributed by atoms with E-state index in [1.165, 1.54) is 18.7 Å². The average Bonchev–Trinajstić information content (AvgIpc) is 3.77. The zero-order valence-electron chi connectivity index (χ0n) is 19.3. The summed E-state index contributed by atoms with van der Waals surface area (Å²) in [6, 6.07) is 14.7. The number of carbonyl (C=O) groups excluding carboxylic acids is 3. The minimum atomic E-state index is -0.204. The predicted octanol–water partition coefficient (Wildman–Crippen LogP) is 3.73. The van der Waals surface area contributed by atoms with Gasteiger partial charge in [-0.3, -0.25) is 19.0 Å².